The number of nitrogens with zero attached hydrogens (tertiary/aromatic N) is 4. The number of hydrogen-bond acceptors (Lipinski definition) is 4. The molecule has 0 aliphatic carbocycles. The first-order chi connectivity index (χ1) is 53.6. The highest BCUT2D eigenvalue weighted by Crippen LogP contribution is 2.48. The summed E-state index contributed by atoms with van der Waals surface area (Å²) >= 11 is 0. The Kier molecular flexibility index (Phi) is 14.9. The van der Waals surface area contributed by atoms with E-state index in [-0.39, 0.29) is 0 Å². The van der Waals surface area contributed by atoms with Crippen LogP contribution >= 0.6 is 0 Å². The summed E-state index contributed by atoms with van der Waals surface area (Å²) in [6, 6.07) is 132. The highest BCUT2D eigenvalue weighted by atomic mass is 14.7. The molecule has 500 valence electrons. The normalized spacial score (nSPS) is 11.7. The Bertz CT molecular complexity index is 6950. The van der Waals surface area contributed by atoms with Crippen LogP contribution < -0.4 is 0 Å². The maximum atomic E-state index is 5.62. The molecule has 22 aromatic rings. The van der Waals surface area contributed by atoms with Crippen LogP contribution in [0.15, 0.2) is 389 Å². The first-order valence-electron chi connectivity index (χ1n) is 37.0. The summed E-state index contributed by atoms with van der Waals surface area (Å²) in [7, 11) is 0. The summed E-state index contributed by atoms with van der Waals surface area (Å²) < 4.78 is 0. The predicted octanol–water partition coefficient (Wildman–Crippen LogP) is 28.1. The van der Waals surface area contributed by atoms with Gasteiger partial charge in [0, 0.05) is 57.5 Å². The molecule has 0 amide bonds. The fourth-order valence-corrected chi connectivity index (χ4v) is 17.2. The fraction of sp³-hybridized carbons (Fsp3) is 0. The Balaban J connectivity index is 0.000000138. The molecule has 0 aliphatic rings. The highest BCUT2D eigenvalue weighted by Gasteiger charge is 2.23. The van der Waals surface area contributed by atoms with Crippen LogP contribution in [0.1, 0.15) is 0 Å². The van der Waals surface area contributed by atoms with E-state index in [0.717, 1.165) is 99.6 Å². The minimum Gasteiger partial charge on any atom is -0.265 e. The van der Waals surface area contributed by atoms with Gasteiger partial charge in [0.15, 0.2) is 0 Å². The van der Waals surface area contributed by atoms with Gasteiger partial charge in [-0.1, -0.05) is 297 Å². The minimum absolute atomic E-state index is 0.963. The van der Waals surface area contributed by atoms with Crippen LogP contribution in [0, 0.1) is 0 Å². The Labute approximate surface area is 623 Å². The van der Waals surface area contributed by atoms with Crippen molar-refractivity contribution in [3.63, 3.8) is 0 Å². The molecule has 108 heavy (non-hydrogen) atoms. The van der Waals surface area contributed by atoms with E-state index in [4.69, 9.17) is 9.97 Å². The summed E-state index contributed by atoms with van der Waals surface area (Å²) in [4.78, 5) is 19.9. The van der Waals surface area contributed by atoms with Gasteiger partial charge in [-0.15, -0.1) is 0 Å². The summed E-state index contributed by atoms with van der Waals surface area (Å²) in [5, 5.41) is 26.7. The molecule has 22 rings (SSSR count). The zero-order valence-corrected chi connectivity index (χ0v) is 58.7. The molecule has 4 heterocycles. The molecule has 0 fully saturated rings. The molecule has 0 atom stereocenters. The molecule has 0 unspecified atom stereocenters. The lowest BCUT2D eigenvalue weighted by Crippen LogP contribution is -1.95. The van der Waals surface area contributed by atoms with Gasteiger partial charge in [-0.25, -0.2) is 9.97 Å². The van der Waals surface area contributed by atoms with E-state index in [9.17, 15) is 0 Å². The molecule has 18 aromatic carbocycles. The quantitative estimate of drug-likeness (QED) is 0.142. The van der Waals surface area contributed by atoms with Gasteiger partial charge in [0.25, 0.3) is 0 Å². The van der Waals surface area contributed by atoms with E-state index in [2.05, 4.69) is 368 Å². The topological polar surface area (TPSA) is 51.6 Å². The van der Waals surface area contributed by atoms with Crippen molar-refractivity contribution < 1.29 is 0 Å². The third kappa shape index (κ3) is 10.5. The maximum Gasteiger partial charge on any atom is 0.0794 e. The van der Waals surface area contributed by atoms with Crippen molar-refractivity contribution in [1.29, 1.82) is 0 Å². The van der Waals surface area contributed by atoms with E-state index >= 15 is 0 Å². The van der Waals surface area contributed by atoms with E-state index in [1.54, 1.807) is 0 Å². The highest BCUT2D eigenvalue weighted by molar-refractivity contribution is 6.25. The van der Waals surface area contributed by atoms with Crippen LogP contribution in [0.3, 0.4) is 0 Å². The van der Waals surface area contributed by atoms with Crippen molar-refractivity contribution in [3.8, 4) is 89.3 Å². The van der Waals surface area contributed by atoms with Crippen molar-refractivity contribution in [3.05, 3.63) is 389 Å². The van der Waals surface area contributed by atoms with Gasteiger partial charge < -0.3 is 0 Å². The lowest BCUT2D eigenvalue weighted by atomic mass is 9.87. The van der Waals surface area contributed by atoms with E-state index in [0.29, 0.717) is 0 Å². The lowest BCUT2D eigenvalue weighted by molar-refractivity contribution is 1.33. The molecule has 0 saturated carbocycles. The van der Waals surface area contributed by atoms with Gasteiger partial charge in [-0.3, -0.25) is 9.97 Å². The molecule has 4 aromatic heterocycles. The van der Waals surface area contributed by atoms with Crippen molar-refractivity contribution in [2.24, 2.45) is 0 Å². The van der Waals surface area contributed by atoms with Crippen LogP contribution in [0.25, 0.3) is 219 Å². The Morgan fingerprint density at radius 1 is 0.148 bits per heavy atom. The minimum atomic E-state index is 0.963. The second-order valence-corrected chi connectivity index (χ2v) is 28.2. The van der Waals surface area contributed by atoms with E-state index in [1.807, 2.05) is 30.9 Å². The molecule has 4 nitrogen and oxygen atoms in total. The van der Waals surface area contributed by atoms with Crippen molar-refractivity contribution in [2.75, 3.05) is 0 Å². The summed E-state index contributed by atoms with van der Waals surface area (Å²) in [5.41, 5.74) is 20.2. The van der Waals surface area contributed by atoms with Gasteiger partial charge >= 0.3 is 0 Å². The van der Waals surface area contributed by atoms with Crippen molar-refractivity contribution >= 4 is 130 Å². The van der Waals surface area contributed by atoms with Crippen LogP contribution in [0.5, 0.6) is 0 Å². The fourth-order valence-electron chi connectivity index (χ4n) is 17.2. The monoisotopic (exact) mass is 1370 g/mol. The average molecular weight is 1370 g/mol. The average Bonchev–Trinajstić information content (AvgIpc) is 0.728. The number of benzene rings is 18. The van der Waals surface area contributed by atoms with Gasteiger partial charge in [0.1, 0.15) is 0 Å². The molecule has 0 spiro atoms. The van der Waals surface area contributed by atoms with E-state index < -0.39 is 0 Å². The first-order valence-corrected chi connectivity index (χ1v) is 37.0. The zero-order valence-electron chi connectivity index (χ0n) is 58.7. The molecule has 0 aliphatic heterocycles. The molecular formula is C104H64N4. The SMILES string of the molecule is c1ccc2c(c1)cc(-c1cc(-c3ccc(-c4ccncc4)cc3)c3cc(-c4cc5ccccc5c5ccccc45)c4ccccc4c3n1)c1ccccc12.c1cncc(-c2ccc(-c3cc(-c4cc5ccccc5c5ccccc45)nc4c3cc(-c3cc5ccccc5c5ccccc35)c3ccccc34)cc2)c1. The third-order valence-electron chi connectivity index (χ3n) is 22.2. The summed E-state index contributed by atoms with van der Waals surface area (Å²) in [6.07, 6.45) is 7.44. The number of rotatable bonds is 8. The van der Waals surface area contributed by atoms with Crippen LogP contribution in [0.2, 0.25) is 0 Å². The van der Waals surface area contributed by atoms with Gasteiger partial charge in [0.2, 0.25) is 0 Å². The molecule has 0 bridgehead atoms. The Morgan fingerprint density at radius 2 is 0.426 bits per heavy atom. The zero-order chi connectivity index (χ0) is 71.2. The number of hydrogen-bond donors (Lipinski definition) is 0. The second-order valence-electron chi connectivity index (χ2n) is 28.2. The summed E-state index contributed by atoms with van der Waals surface area (Å²) in [5.74, 6) is 0. The smallest absolute Gasteiger partial charge is 0.0794 e. The molecular weight excluding hydrogens is 1310 g/mol. The number of aromatic nitrogens is 4. The van der Waals surface area contributed by atoms with Crippen molar-refractivity contribution in [1.82, 2.24) is 19.9 Å². The Hall–Kier alpha value is -14.3. The largest absolute Gasteiger partial charge is 0.265 e. The maximum absolute atomic E-state index is 5.62. The van der Waals surface area contributed by atoms with Crippen molar-refractivity contribution in [2.45, 2.75) is 0 Å². The van der Waals surface area contributed by atoms with Gasteiger partial charge in [-0.2, -0.15) is 0 Å². The van der Waals surface area contributed by atoms with Crippen LogP contribution in [-0.4, -0.2) is 19.9 Å². The standard InChI is InChI=1S/2C52H32N2/c1-3-15-38-35(12-1)28-47(42-19-7-5-17-40(38)42)48-30-50-46(34-25-23-33(24-26-34)37-14-11-27-53-32-37)31-51(54-52(50)45-22-10-9-21-44(45)48)49-29-36-13-2-4-16-39(36)41-18-6-8-20-43(41)49;1-3-13-38-36(11-1)29-47(42-17-7-5-15-40(38)42)48-31-50-46(35-23-21-33(22-24-35)34-25-27-53-28-26-34)32-51(54-52(50)45-20-10-9-19-44(45)48)49-30-37-12-2-4-14-39(37)41-16-6-8-18-43(41)49/h2*1-32H. The van der Waals surface area contributed by atoms with Gasteiger partial charge in [-0.05, 0) is 230 Å². The van der Waals surface area contributed by atoms with Crippen LogP contribution in [-0.2, 0) is 0 Å². The third-order valence-corrected chi connectivity index (χ3v) is 22.2. The second kappa shape index (κ2) is 25.8. The lowest BCUT2D eigenvalue weighted by Gasteiger charge is -2.18. The Morgan fingerprint density at radius 3 is 0.787 bits per heavy atom. The molecule has 0 saturated heterocycles. The summed E-state index contributed by atoms with van der Waals surface area (Å²) in [6.45, 7) is 0. The van der Waals surface area contributed by atoms with E-state index in [1.165, 1.54) is 119 Å². The number of fused-ring (bicyclic) bond motifs is 18. The first kappa shape index (κ1) is 62.3. The van der Waals surface area contributed by atoms with Crippen LogP contribution in [0.4, 0.5) is 0 Å². The predicted molar refractivity (Wildman–Crippen MR) is 458 cm³/mol. The molecule has 0 N–H and O–H groups in total. The molecule has 4 heteroatoms. The van der Waals surface area contributed by atoms with Gasteiger partial charge in [0.05, 0.1) is 22.4 Å². The molecule has 0 radical (unpaired) electrons. The number of pyridine rings is 4.